The van der Waals surface area contributed by atoms with Gasteiger partial charge in [0.15, 0.2) is 5.82 Å². The number of pyridine rings is 1. The summed E-state index contributed by atoms with van der Waals surface area (Å²) in [5, 5.41) is 4.99. The lowest BCUT2D eigenvalue weighted by Crippen LogP contribution is -2.15. The zero-order valence-electron chi connectivity index (χ0n) is 26.3. The van der Waals surface area contributed by atoms with Gasteiger partial charge in [0.2, 0.25) is 0 Å². The Kier molecular flexibility index (Phi) is 6.16. The van der Waals surface area contributed by atoms with E-state index in [1.165, 1.54) is 49.5 Å². The summed E-state index contributed by atoms with van der Waals surface area (Å²) in [6.07, 6.45) is 1.81. The Morgan fingerprint density at radius 3 is 1.91 bits per heavy atom. The monoisotopic (exact) mass is 601 g/mol. The number of hydrogen-bond donors (Lipinski definition) is 0. The second kappa shape index (κ2) is 10.6. The van der Waals surface area contributed by atoms with E-state index >= 15 is 0 Å². The Morgan fingerprint density at radius 1 is 0.447 bits per heavy atom. The van der Waals surface area contributed by atoms with E-state index in [1.807, 2.05) is 42.6 Å². The van der Waals surface area contributed by atoms with Gasteiger partial charge < -0.3 is 0 Å². The van der Waals surface area contributed by atoms with E-state index in [2.05, 4.69) is 128 Å². The van der Waals surface area contributed by atoms with Gasteiger partial charge in [-0.25, -0.2) is 9.97 Å². The molecule has 1 aliphatic rings. The van der Waals surface area contributed by atoms with E-state index in [9.17, 15) is 0 Å². The maximum absolute atomic E-state index is 5.13. The molecule has 0 unspecified atom stereocenters. The minimum absolute atomic E-state index is 0.117. The number of fused-ring (bicyclic) bond motifs is 6. The number of hydrogen-bond acceptors (Lipinski definition) is 3. The molecule has 0 N–H and O–H groups in total. The van der Waals surface area contributed by atoms with E-state index in [1.54, 1.807) is 0 Å². The van der Waals surface area contributed by atoms with Crippen molar-refractivity contribution in [2.75, 3.05) is 0 Å². The quantitative estimate of drug-likeness (QED) is 0.201. The van der Waals surface area contributed by atoms with Crippen LogP contribution in [0.1, 0.15) is 25.0 Å². The van der Waals surface area contributed by atoms with Gasteiger partial charge in [0.25, 0.3) is 0 Å². The van der Waals surface area contributed by atoms with Crippen LogP contribution in [0.15, 0.2) is 152 Å². The Morgan fingerprint density at radius 2 is 1.11 bits per heavy atom. The first kappa shape index (κ1) is 27.4. The number of benzene rings is 6. The molecule has 222 valence electrons. The maximum atomic E-state index is 5.13. The summed E-state index contributed by atoms with van der Waals surface area (Å²) in [6.45, 7) is 4.74. The lowest BCUT2D eigenvalue weighted by Gasteiger charge is -2.24. The fourth-order valence-electron chi connectivity index (χ4n) is 7.49. The molecule has 2 heterocycles. The average molecular weight is 602 g/mol. The highest BCUT2D eigenvalue weighted by molar-refractivity contribution is 6.05. The molecule has 0 aliphatic heterocycles. The lowest BCUT2D eigenvalue weighted by molar-refractivity contribution is 0.666. The Hall–Kier alpha value is -5.93. The van der Waals surface area contributed by atoms with Crippen LogP contribution in [-0.2, 0) is 5.41 Å². The first-order valence-electron chi connectivity index (χ1n) is 16.1. The SMILES string of the molecule is CC1(C)c2cc(-c3ccc(-c4cc(-c5ccccn5)nc(-c5ccccc5)n4)c4ccccc34)ccc2-c2ccc3ccccc3c21. The largest absolute Gasteiger partial charge is 0.255 e. The van der Waals surface area contributed by atoms with Crippen LogP contribution in [0.4, 0.5) is 0 Å². The molecule has 47 heavy (non-hydrogen) atoms. The summed E-state index contributed by atoms with van der Waals surface area (Å²) < 4.78 is 0. The summed E-state index contributed by atoms with van der Waals surface area (Å²) >= 11 is 0. The Balaban J connectivity index is 1.21. The van der Waals surface area contributed by atoms with Crippen LogP contribution in [0.3, 0.4) is 0 Å². The van der Waals surface area contributed by atoms with Crippen LogP contribution < -0.4 is 0 Å². The third kappa shape index (κ3) is 4.39. The molecule has 0 bridgehead atoms. The first-order chi connectivity index (χ1) is 23.1. The fraction of sp³-hybridized carbons (Fsp3) is 0.0682. The molecular formula is C44H31N3. The van der Waals surface area contributed by atoms with Gasteiger partial charge in [0.05, 0.1) is 17.1 Å². The molecule has 0 fully saturated rings. The maximum Gasteiger partial charge on any atom is 0.160 e. The second-order valence-electron chi connectivity index (χ2n) is 12.8. The van der Waals surface area contributed by atoms with Gasteiger partial charge in [-0.2, -0.15) is 0 Å². The minimum Gasteiger partial charge on any atom is -0.255 e. The predicted molar refractivity (Wildman–Crippen MR) is 194 cm³/mol. The molecule has 3 nitrogen and oxygen atoms in total. The zero-order valence-corrected chi connectivity index (χ0v) is 26.3. The van der Waals surface area contributed by atoms with Crippen molar-refractivity contribution in [3.8, 4) is 56.3 Å². The molecule has 0 amide bonds. The molecule has 8 aromatic rings. The molecule has 1 aliphatic carbocycles. The van der Waals surface area contributed by atoms with Gasteiger partial charge in [-0.15, -0.1) is 0 Å². The molecule has 0 spiro atoms. The van der Waals surface area contributed by atoms with Crippen LogP contribution in [0, 0.1) is 0 Å². The molecule has 0 atom stereocenters. The van der Waals surface area contributed by atoms with Crippen LogP contribution in [0.25, 0.3) is 77.8 Å². The van der Waals surface area contributed by atoms with Crippen molar-refractivity contribution >= 4 is 21.5 Å². The molecule has 0 saturated heterocycles. The van der Waals surface area contributed by atoms with E-state index in [-0.39, 0.29) is 5.41 Å². The van der Waals surface area contributed by atoms with Crippen LogP contribution in [0.5, 0.6) is 0 Å². The summed E-state index contributed by atoms with van der Waals surface area (Å²) in [5.41, 5.74) is 12.3. The van der Waals surface area contributed by atoms with Crippen LogP contribution in [-0.4, -0.2) is 15.0 Å². The molecule has 0 radical (unpaired) electrons. The van der Waals surface area contributed by atoms with Crippen molar-refractivity contribution in [2.24, 2.45) is 0 Å². The van der Waals surface area contributed by atoms with Gasteiger partial charge >= 0.3 is 0 Å². The van der Waals surface area contributed by atoms with Crippen molar-refractivity contribution in [1.29, 1.82) is 0 Å². The van der Waals surface area contributed by atoms with E-state index in [0.29, 0.717) is 5.82 Å². The third-order valence-corrected chi connectivity index (χ3v) is 9.73. The zero-order chi connectivity index (χ0) is 31.5. The van der Waals surface area contributed by atoms with E-state index < -0.39 is 0 Å². The normalized spacial score (nSPS) is 13.1. The Bertz CT molecular complexity index is 2420. The summed E-state index contributed by atoms with van der Waals surface area (Å²) in [4.78, 5) is 14.7. The third-order valence-electron chi connectivity index (χ3n) is 9.73. The summed E-state index contributed by atoms with van der Waals surface area (Å²) in [5.74, 6) is 0.685. The van der Waals surface area contributed by atoms with E-state index in [0.717, 1.165) is 33.6 Å². The highest BCUT2D eigenvalue weighted by atomic mass is 14.9. The van der Waals surface area contributed by atoms with Crippen molar-refractivity contribution in [3.63, 3.8) is 0 Å². The number of aromatic nitrogens is 3. The van der Waals surface area contributed by atoms with Gasteiger partial charge in [-0.1, -0.05) is 135 Å². The fourth-order valence-corrected chi connectivity index (χ4v) is 7.49. The molecule has 6 aromatic carbocycles. The van der Waals surface area contributed by atoms with Crippen molar-refractivity contribution in [2.45, 2.75) is 19.3 Å². The molecular weight excluding hydrogens is 571 g/mol. The van der Waals surface area contributed by atoms with Crippen LogP contribution in [0.2, 0.25) is 0 Å². The first-order valence-corrected chi connectivity index (χ1v) is 16.1. The molecule has 3 heteroatoms. The molecule has 2 aromatic heterocycles. The number of nitrogens with zero attached hydrogens (tertiary/aromatic N) is 3. The van der Waals surface area contributed by atoms with Gasteiger partial charge in [0, 0.05) is 22.7 Å². The topological polar surface area (TPSA) is 38.7 Å². The minimum atomic E-state index is -0.117. The van der Waals surface area contributed by atoms with Gasteiger partial charge in [-0.05, 0) is 79.2 Å². The van der Waals surface area contributed by atoms with Crippen LogP contribution >= 0.6 is 0 Å². The second-order valence-corrected chi connectivity index (χ2v) is 12.8. The molecule has 0 saturated carbocycles. The summed E-state index contributed by atoms with van der Waals surface area (Å²) in [6, 6.07) is 51.7. The smallest absolute Gasteiger partial charge is 0.160 e. The highest BCUT2D eigenvalue weighted by Gasteiger charge is 2.37. The lowest BCUT2D eigenvalue weighted by atomic mass is 9.79. The number of rotatable bonds is 4. The van der Waals surface area contributed by atoms with E-state index in [4.69, 9.17) is 9.97 Å². The average Bonchev–Trinajstić information content (AvgIpc) is 3.37. The van der Waals surface area contributed by atoms with Gasteiger partial charge in [0.1, 0.15) is 0 Å². The van der Waals surface area contributed by atoms with Crippen molar-refractivity contribution in [1.82, 2.24) is 15.0 Å². The predicted octanol–water partition coefficient (Wildman–Crippen LogP) is 11.2. The van der Waals surface area contributed by atoms with Crippen molar-refractivity contribution in [3.05, 3.63) is 163 Å². The molecule has 9 rings (SSSR count). The Labute approximate surface area is 274 Å². The standard InChI is InChI=1S/C44H31N3/c1-44(2)38-26-30(20-21-35(38)37-22-19-28-12-6-7-15-32(28)42(37)44)31-23-24-36(34-17-9-8-16-33(31)34)40-27-41(39-18-10-11-25-45-39)47-43(46-40)29-13-4-3-5-14-29/h3-27H,1-2H3. The summed E-state index contributed by atoms with van der Waals surface area (Å²) in [7, 11) is 0. The highest BCUT2D eigenvalue weighted by Crippen LogP contribution is 2.52. The van der Waals surface area contributed by atoms with Gasteiger partial charge in [-0.3, -0.25) is 4.98 Å². The van der Waals surface area contributed by atoms with Crippen molar-refractivity contribution < 1.29 is 0 Å².